The van der Waals surface area contributed by atoms with Crippen LogP contribution in [0.3, 0.4) is 0 Å². The van der Waals surface area contributed by atoms with Crippen molar-refractivity contribution in [3.63, 3.8) is 0 Å². The molecule has 0 fully saturated rings. The smallest absolute Gasteiger partial charge is 0.253 e. The maximum absolute atomic E-state index is 11.5. The van der Waals surface area contributed by atoms with Gasteiger partial charge in [0, 0.05) is 11.8 Å². The molecule has 0 aliphatic rings. The molecule has 88 valence electrons. The Bertz CT molecular complexity index is 479. The zero-order chi connectivity index (χ0) is 12.4. The molecule has 1 unspecified atom stereocenters. The first-order chi connectivity index (χ1) is 7.34. The summed E-state index contributed by atoms with van der Waals surface area (Å²) in [5.41, 5.74) is -0.0726. The first kappa shape index (κ1) is 12.8. The fraction of sp³-hybridized carbons (Fsp3) is 0.300. The molecule has 0 aliphatic carbocycles. The number of ketones is 1. The molecule has 0 saturated heterocycles. The highest BCUT2D eigenvalue weighted by atomic mass is 32.2. The molecule has 1 aromatic carbocycles. The zero-order valence-electron chi connectivity index (χ0n) is 8.62. The fourth-order valence-electron chi connectivity index (χ4n) is 1.35. The highest BCUT2D eigenvalue weighted by Crippen LogP contribution is 2.27. The minimum absolute atomic E-state index is 0.0726. The number of Topliss-reactive ketones (excluding diaryl/α,β-unsaturated/α-hetero) is 1. The van der Waals surface area contributed by atoms with Crippen molar-refractivity contribution in [2.75, 3.05) is 12.9 Å². The summed E-state index contributed by atoms with van der Waals surface area (Å²) in [6.45, 7) is -1.04. The summed E-state index contributed by atoms with van der Waals surface area (Å²) in [6, 6.07) is 7.24. The maximum Gasteiger partial charge on any atom is 0.253 e. The molecular formula is C10H12O5S. The van der Waals surface area contributed by atoms with E-state index in [0.29, 0.717) is 0 Å². The number of aliphatic hydroxyl groups is 2. The minimum atomic E-state index is -4.08. The lowest BCUT2D eigenvalue weighted by Gasteiger charge is -2.24. The molecular weight excluding hydrogens is 232 g/mol. The summed E-state index contributed by atoms with van der Waals surface area (Å²) in [6.07, 6.45) is 0.744. The van der Waals surface area contributed by atoms with Gasteiger partial charge in [0.25, 0.3) is 4.93 Å². The number of hydrogen-bond acceptors (Lipinski definition) is 5. The monoisotopic (exact) mass is 244 g/mol. The number of benzene rings is 1. The van der Waals surface area contributed by atoms with Crippen LogP contribution < -0.4 is 0 Å². The van der Waals surface area contributed by atoms with E-state index in [9.17, 15) is 18.3 Å². The van der Waals surface area contributed by atoms with Crippen LogP contribution in [0.1, 0.15) is 5.56 Å². The molecule has 0 bridgehead atoms. The highest BCUT2D eigenvalue weighted by molar-refractivity contribution is 7.92. The van der Waals surface area contributed by atoms with Crippen molar-refractivity contribution in [2.45, 2.75) is 4.93 Å². The third-order valence-corrected chi connectivity index (χ3v) is 3.76. The Balaban J connectivity index is 3.45. The van der Waals surface area contributed by atoms with Crippen molar-refractivity contribution in [3.8, 4) is 0 Å². The van der Waals surface area contributed by atoms with Gasteiger partial charge in [0.15, 0.2) is 9.84 Å². The first-order valence-electron chi connectivity index (χ1n) is 4.45. The molecule has 0 amide bonds. The summed E-state index contributed by atoms with van der Waals surface area (Å²) in [7, 11) is -4.08. The molecule has 0 spiro atoms. The van der Waals surface area contributed by atoms with Gasteiger partial charge in [-0.25, -0.2) is 8.42 Å². The number of sulfone groups is 1. The van der Waals surface area contributed by atoms with Gasteiger partial charge in [-0.2, -0.15) is 0 Å². The van der Waals surface area contributed by atoms with Crippen molar-refractivity contribution < 1.29 is 23.4 Å². The second-order valence-electron chi connectivity index (χ2n) is 3.36. The molecule has 1 aromatic rings. The van der Waals surface area contributed by atoms with Crippen LogP contribution in [0.25, 0.3) is 0 Å². The van der Waals surface area contributed by atoms with E-state index in [1.807, 2.05) is 0 Å². The summed E-state index contributed by atoms with van der Waals surface area (Å²) < 4.78 is 22.9. The number of hydrogen-bond donors (Lipinski definition) is 2. The Kier molecular flexibility index (Phi) is 3.47. The third-order valence-electron chi connectivity index (χ3n) is 2.22. The van der Waals surface area contributed by atoms with E-state index in [1.54, 1.807) is 6.07 Å². The largest absolute Gasteiger partial charge is 0.388 e. The van der Waals surface area contributed by atoms with Gasteiger partial charge in [-0.1, -0.05) is 30.3 Å². The van der Waals surface area contributed by atoms with Crippen molar-refractivity contribution in [1.82, 2.24) is 0 Å². The van der Waals surface area contributed by atoms with Gasteiger partial charge in [-0.3, -0.25) is 4.79 Å². The van der Waals surface area contributed by atoms with Gasteiger partial charge in [0.05, 0.1) is 0 Å². The molecule has 6 heteroatoms. The van der Waals surface area contributed by atoms with Crippen LogP contribution in [0.15, 0.2) is 30.3 Å². The van der Waals surface area contributed by atoms with Crippen molar-refractivity contribution >= 4 is 15.6 Å². The molecule has 0 aliphatic heterocycles. The summed E-state index contributed by atoms with van der Waals surface area (Å²) in [4.78, 5) is 8.72. The van der Waals surface area contributed by atoms with Crippen LogP contribution in [0.5, 0.6) is 0 Å². The second-order valence-corrected chi connectivity index (χ2v) is 5.50. The van der Waals surface area contributed by atoms with Crippen LogP contribution >= 0.6 is 0 Å². The normalized spacial score (nSPS) is 15.4. The molecule has 1 rings (SSSR count). The van der Waals surface area contributed by atoms with E-state index in [-0.39, 0.29) is 5.56 Å². The quantitative estimate of drug-likeness (QED) is 0.740. The number of carbonyl (C=O) groups excluding carboxylic acids is 1. The van der Waals surface area contributed by atoms with Gasteiger partial charge in [-0.15, -0.1) is 0 Å². The highest BCUT2D eigenvalue weighted by Gasteiger charge is 2.47. The van der Waals surface area contributed by atoms with Crippen LogP contribution in [-0.4, -0.2) is 37.3 Å². The summed E-state index contributed by atoms with van der Waals surface area (Å²) >= 11 is 0. The zero-order valence-corrected chi connectivity index (χ0v) is 9.44. The number of aliphatic hydroxyl groups excluding tert-OH is 1. The van der Waals surface area contributed by atoms with Crippen molar-refractivity contribution in [2.24, 2.45) is 0 Å². The lowest BCUT2D eigenvalue weighted by atomic mass is 10.1. The Labute approximate surface area is 93.3 Å². The van der Waals surface area contributed by atoms with E-state index in [0.717, 1.165) is 6.26 Å². The fourth-order valence-corrected chi connectivity index (χ4v) is 2.40. The minimum Gasteiger partial charge on any atom is -0.388 e. The average molecular weight is 244 g/mol. The van der Waals surface area contributed by atoms with Gasteiger partial charge in [0.2, 0.25) is 5.78 Å². The molecule has 0 radical (unpaired) electrons. The summed E-state index contributed by atoms with van der Waals surface area (Å²) in [5.74, 6) is -1.17. The van der Waals surface area contributed by atoms with Gasteiger partial charge >= 0.3 is 0 Å². The lowest BCUT2D eigenvalue weighted by molar-refractivity contribution is -0.133. The van der Waals surface area contributed by atoms with E-state index >= 15 is 0 Å². The molecule has 0 aromatic heterocycles. The predicted molar refractivity (Wildman–Crippen MR) is 57.3 cm³/mol. The molecule has 0 heterocycles. The van der Waals surface area contributed by atoms with Gasteiger partial charge in [-0.05, 0) is 0 Å². The predicted octanol–water partition coefficient (Wildman–Crippen LogP) is -0.562. The molecule has 5 nitrogen and oxygen atoms in total. The van der Waals surface area contributed by atoms with Gasteiger partial charge in [0.1, 0.15) is 6.61 Å². The van der Waals surface area contributed by atoms with Crippen molar-refractivity contribution in [3.05, 3.63) is 35.9 Å². The third kappa shape index (κ3) is 1.99. The Morgan fingerprint density at radius 3 is 2.19 bits per heavy atom. The van der Waals surface area contributed by atoms with Gasteiger partial charge < -0.3 is 10.2 Å². The Morgan fingerprint density at radius 1 is 1.31 bits per heavy atom. The molecule has 0 saturated carbocycles. The lowest BCUT2D eigenvalue weighted by Crippen LogP contribution is -2.44. The molecule has 2 N–H and O–H groups in total. The number of rotatable bonds is 4. The van der Waals surface area contributed by atoms with E-state index < -0.39 is 27.2 Å². The Morgan fingerprint density at radius 2 is 1.81 bits per heavy atom. The molecule has 1 atom stereocenters. The number of carbonyl (C=O) groups is 1. The van der Waals surface area contributed by atoms with Crippen LogP contribution in [-0.2, 0) is 19.6 Å². The van der Waals surface area contributed by atoms with Crippen molar-refractivity contribution in [1.29, 1.82) is 0 Å². The van der Waals surface area contributed by atoms with Crippen LogP contribution in [0.4, 0.5) is 0 Å². The second kappa shape index (κ2) is 4.32. The Hall–Kier alpha value is -1.24. The van der Waals surface area contributed by atoms with Crippen LogP contribution in [0.2, 0.25) is 0 Å². The average Bonchev–Trinajstić information content (AvgIpc) is 2.26. The standard InChI is InChI=1S/C10H12O5S/c1-16(14,15)10(13,9(12)7-11)8-5-3-2-4-6-8/h2-6,11,13H,7H2,1H3. The topological polar surface area (TPSA) is 91.7 Å². The first-order valence-corrected chi connectivity index (χ1v) is 6.35. The van der Waals surface area contributed by atoms with E-state index in [4.69, 9.17) is 5.11 Å². The molecule has 16 heavy (non-hydrogen) atoms. The van der Waals surface area contributed by atoms with E-state index in [1.165, 1.54) is 24.3 Å². The van der Waals surface area contributed by atoms with Crippen LogP contribution in [0, 0.1) is 0 Å². The summed E-state index contributed by atoms with van der Waals surface area (Å²) in [5, 5.41) is 18.7. The maximum atomic E-state index is 11.5. The van der Waals surface area contributed by atoms with E-state index in [2.05, 4.69) is 0 Å². The SMILES string of the molecule is CS(=O)(=O)C(O)(C(=O)CO)c1ccccc1.